The number of methoxy groups -OCH3 is 1. The fourth-order valence-electron chi connectivity index (χ4n) is 3.81. The van der Waals surface area contributed by atoms with Crippen LogP contribution < -0.4 is 10.1 Å². The number of rotatable bonds is 6. The van der Waals surface area contributed by atoms with Crippen LogP contribution in [0.2, 0.25) is 0 Å². The van der Waals surface area contributed by atoms with Gasteiger partial charge in [0.15, 0.2) is 11.5 Å². The van der Waals surface area contributed by atoms with Gasteiger partial charge >= 0.3 is 0 Å². The van der Waals surface area contributed by atoms with E-state index in [0.29, 0.717) is 29.7 Å². The van der Waals surface area contributed by atoms with Crippen LogP contribution in [-0.2, 0) is 11.4 Å². The average molecular weight is 416 g/mol. The zero-order valence-electron chi connectivity index (χ0n) is 16.9. The SMILES string of the molecule is COc1cnc2c(NCc3nnc4ccc(C5=NOC(C6CC6)C5)nn34)ccnc2c1. The molecule has 156 valence electrons. The number of fused-ring (bicyclic) bond motifs is 2. The predicted molar refractivity (Wildman–Crippen MR) is 113 cm³/mol. The van der Waals surface area contributed by atoms with Crippen molar-refractivity contribution in [2.24, 2.45) is 11.1 Å². The maximum absolute atomic E-state index is 5.60. The molecule has 10 nitrogen and oxygen atoms in total. The minimum atomic E-state index is 0.195. The number of hydrogen-bond donors (Lipinski definition) is 1. The molecular weight excluding hydrogens is 396 g/mol. The summed E-state index contributed by atoms with van der Waals surface area (Å²) in [6.07, 6.45) is 6.87. The summed E-state index contributed by atoms with van der Waals surface area (Å²) < 4.78 is 6.98. The summed E-state index contributed by atoms with van der Waals surface area (Å²) in [6, 6.07) is 7.56. The molecule has 31 heavy (non-hydrogen) atoms. The average Bonchev–Trinajstić information content (AvgIpc) is 3.40. The first-order chi connectivity index (χ1) is 15.3. The summed E-state index contributed by atoms with van der Waals surface area (Å²) in [4.78, 5) is 14.4. The number of hydrogen-bond acceptors (Lipinski definition) is 9. The monoisotopic (exact) mass is 416 g/mol. The molecule has 0 saturated heterocycles. The number of aromatic nitrogens is 6. The summed E-state index contributed by atoms with van der Waals surface area (Å²) >= 11 is 0. The number of nitrogens with zero attached hydrogens (tertiary/aromatic N) is 7. The van der Waals surface area contributed by atoms with Crippen molar-refractivity contribution in [1.29, 1.82) is 0 Å². The second-order valence-corrected chi connectivity index (χ2v) is 7.78. The van der Waals surface area contributed by atoms with E-state index >= 15 is 0 Å². The lowest BCUT2D eigenvalue weighted by Gasteiger charge is -2.09. The number of nitrogens with one attached hydrogen (secondary N) is 1. The van der Waals surface area contributed by atoms with Crippen LogP contribution >= 0.6 is 0 Å². The van der Waals surface area contributed by atoms with Crippen molar-refractivity contribution in [3.63, 3.8) is 0 Å². The van der Waals surface area contributed by atoms with Crippen LogP contribution in [0.4, 0.5) is 5.69 Å². The van der Waals surface area contributed by atoms with Gasteiger partial charge in [-0.15, -0.1) is 10.2 Å². The Labute approximate surface area is 177 Å². The normalized spacial score (nSPS) is 18.2. The van der Waals surface area contributed by atoms with Crippen molar-refractivity contribution in [2.75, 3.05) is 12.4 Å². The van der Waals surface area contributed by atoms with Crippen molar-refractivity contribution in [3.8, 4) is 5.75 Å². The van der Waals surface area contributed by atoms with Gasteiger partial charge in [0, 0.05) is 18.7 Å². The summed E-state index contributed by atoms with van der Waals surface area (Å²) in [6.45, 7) is 0.429. The number of oxime groups is 1. The molecular formula is C21H20N8O2. The second-order valence-electron chi connectivity index (χ2n) is 7.78. The molecule has 2 aliphatic rings. The third-order valence-electron chi connectivity index (χ3n) is 5.69. The Hall–Kier alpha value is -3.82. The summed E-state index contributed by atoms with van der Waals surface area (Å²) in [5.41, 5.74) is 4.71. The van der Waals surface area contributed by atoms with Gasteiger partial charge in [-0.3, -0.25) is 4.98 Å². The van der Waals surface area contributed by atoms with Crippen molar-refractivity contribution in [2.45, 2.75) is 31.9 Å². The van der Waals surface area contributed by atoms with Crippen molar-refractivity contribution in [1.82, 2.24) is 29.8 Å². The molecule has 6 rings (SSSR count). The van der Waals surface area contributed by atoms with Crippen LogP contribution in [0.25, 0.3) is 16.7 Å². The Balaban J connectivity index is 1.25. The maximum Gasteiger partial charge on any atom is 0.178 e. The van der Waals surface area contributed by atoms with Gasteiger partial charge < -0.3 is 14.9 Å². The van der Waals surface area contributed by atoms with Crippen LogP contribution in [0.3, 0.4) is 0 Å². The highest BCUT2D eigenvalue weighted by molar-refractivity contribution is 5.99. The van der Waals surface area contributed by atoms with Gasteiger partial charge in [0.1, 0.15) is 28.8 Å². The number of pyridine rings is 2. The van der Waals surface area contributed by atoms with Crippen LogP contribution in [0.1, 0.15) is 30.8 Å². The quantitative estimate of drug-likeness (QED) is 0.510. The smallest absolute Gasteiger partial charge is 0.178 e. The Morgan fingerprint density at radius 1 is 1.19 bits per heavy atom. The van der Waals surface area contributed by atoms with Gasteiger partial charge in [0.25, 0.3) is 0 Å². The van der Waals surface area contributed by atoms with Gasteiger partial charge in [-0.2, -0.15) is 9.61 Å². The highest BCUT2D eigenvalue weighted by Crippen LogP contribution is 2.38. The summed E-state index contributed by atoms with van der Waals surface area (Å²) in [5, 5.41) is 20.9. The Bertz CT molecular complexity index is 1310. The first kappa shape index (κ1) is 18.0. The minimum Gasteiger partial charge on any atom is -0.495 e. The molecule has 1 unspecified atom stereocenters. The highest BCUT2D eigenvalue weighted by atomic mass is 16.6. The number of anilines is 1. The molecule has 1 atom stereocenters. The first-order valence-corrected chi connectivity index (χ1v) is 10.3. The molecule has 1 saturated carbocycles. The highest BCUT2D eigenvalue weighted by Gasteiger charge is 2.37. The van der Waals surface area contributed by atoms with Gasteiger partial charge in [-0.25, -0.2) is 4.98 Å². The zero-order valence-corrected chi connectivity index (χ0v) is 16.9. The lowest BCUT2D eigenvalue weighted by Crippen LogP contribution is -2.13. The zero-order chi connectivity index (χ0) is 20.8. The molecule has 1 N–H and O–H groups in total. The molecule has 0 bridgehead atoms. The van der Waals surface area contributed by atoms with E-state index in [1.165, 1.54) is 12.8 Å². The molecule has 1 aliphatic heterocycles. The van der Waals surface area contributed by atoms with Crippen molar-refractivity contribution in [3.05, 3.63) is 48.2 Å². The van der Waals surface area contributed by atoms with E-state index in [1.807, 2.05) is 24.3 Å². The van der Waals surface area contributed by atoms with Crippen molar-refractivity contribution < 1.29 is 9.57 Å². The Morgan fingerprint density at radius 3 is 3.00 bits per heavy atom. The lowest BCUT2D eigenvalue weighted by molar-refractivity contribution is 0.0694. The van der Waals surface area contributed by atoms with Gasteiger partial charge in [-0.05, 0) is 37.0 Å². The third-order valence-corrected chi connectivity index (χ3v) is 5.69. The van der Waals surface area contributed by atoms with E-state index < -0.39 is 0 Å². The molecule has 0 amide bonds. The van der Waals surface area contributed by atoms with Gasteiger partial charge in [0.05, 0.1) is 31.1 Å². The van der Waals surface area contributed by atoms with E-state index in [9.17, 15) is 0 Å². The fourth-order valence-corrected chi connectivity index (χ4v) is 3.81. The van der Waals surface area contributed by atoms with Crippen LogP contribution in [0, 0.1) is 5.92 Å². The second kappa shape index (κ2) is 7.15. The van der Waals surface area contributed by atoms with Gasteiger partial charge in [0.2, 0.25) is 0 Å². The Morgan fingerprint density at radius 2 is 2.13 bits per heavy atom. The topological polar surface area (TPSA) is 112 Å². The molecule has 4 aromatic rings. The fraction of sp³-hybridized carbons (Fsp3) is 0.333. The van der Waals surface area contributed by atoms with Crippen LogP contribution in [0.15, 0.2) is 41.8 Å². The van der Waals surface area contributed by atoms with E-state index in [2.05, 4.69) is 30.6 Å². The lowest BCUT2D eigenvalue weighted by atomic mass is 10.1. The largest absolute Gasteiger partial charge is 0.495 e. The molecule has 0 spiro atoms. The van der Waals surface area contributed by atoms with Crippen LogP contribution in [-0.4, -0.2) is 48.7 Å². The molecule has 0 aromatic carbocycles. The molecule has 4 aromatic heterocycles. The number of ether oxygens (including phenoxy) is 1. The van der Waals surface area contributed by atoms with E-state index in [1.54, 1.807) is 24.0 Å². The van der Waals surface area contributed by atoms with E-state index in [4.69, 9.17) is 14.7 Å². The molecule has 10 heteroatoms. The molecule has 1 aliphatic carbocycles. The Kier molecular flexibility index (Phi) is 4.15. The van der Waals surface area contributed by atoms with Crippen LogP contribution in [0.5, 0.6) is 5.75 Å². The first-order valence-electron chi connectivity index (χ1n) is 10.3. The molecule has 1 fully saturated rings. The minimum absolute atomic E-state index is 0.195. The predicted octanol–water partition coefficient (Wildman–Crippen LogP) is 2.59. The van der Waals surface area contributed by atoms with E-state index in [-0.39, 0.29) is 6.10 Å². The molecule has 0 radical (unpaired) electrons. The van der Waals surface area contributed by atoms with Gasteiger partial charge in [-0.1, -0.05) is 5.16 Å². The maximum atomic E-state index is 5.60. The van der Waals surface area contributed by atoms with Crippen molar-refractivity contribution >= 4 is 28.1 Å². The third kappa shape index (κ3) is 3.29. The van der Waals surface area contributed by atoms with E-state index in [0.717, 1.165) is 34.5 Å². The summed E-state index contributed by atoms with van der Waals surface area (Å²) in [5.74, 6) is 2.00. The standard InChI is InChI=1S/C21H20N8O2/c1-30-13-8-17-21(24-10-13)15(6-7-22-17)23-11-20-26-25-19-5-4-14(27-29(19)20)16-9-18(31-28-16)12-2-3-12/h4-8,10,12,18H,2-3,9,11H2,1H3,(H,22,23). The molecule has 5 heterocycles. The summed E-state index contributed by atoms with van der Waals surface area (Å²) in [7, 11) is 1.61.